The lowest BCUT2D eigenvalue weighted by molar-refractivity contribution is 0.517. The quantitative estimate of drug-likeness (QED) is 0.512. The van der Waals surface area contributed by atoms with Crippen LogP contribution in [0.15, 0.2) is 60.0 Å². The minimum absolute atomic E-state index is 0.358. The van der Waals surface area contributed by atoms with Gasteiger partial charge in [-0.2, -0.15) is 0 Å². The number of nitrogens with zero attached hydrogens (tertiary/aromatic N) is 5. The molecule has 8 heteroatoms. The fourth-order valence-electron chi connectivity index (χ4n) is 4.26. The molecule has 5 heterocycles. The van der Waals surface area contributed by atoms with Crippen molar-refractivity contribution in [2.45, 2.75) is 13.1 Å². The van der Waals surface area contributed by atoms with Gasteiger partial charge in [0, 0.05) is 47.6 Å². The Kier molecular flexibility index (Phi) is 4.59. The first-order valence-electron chi connectivity index (χ1n) is 10.4. The molecule has 2 aliphatic heterocycles. The second kappa shape index (κ2) is 7.62. The molecule has 0 aliphatic carbocycles. The first-order chi connectivity index (χ1) is 15.7. The molecule has 6 rings (SSSR count). The SMILES string of the molecule is Fc1ccc(Cl)cc1C1=NCC=C1c1ccc2ncc(-c3ncn4c3CNCC4)cc2n1. The van der Waals surface area contributed by atoms with Crippen LogP contribution in [0.3, 0.4) is 0 Å². The standard InChI is InChI=1S/C24H18ClFN6/c25-15-1-2-18(26)17(10-15)24-16(5-6-28-24)19-3-4-20-21(31-19)9-14(11-29-20)23-22-12-27-7-8-32(22)13-30-23/h1-5,9-11,13,27H,6-8,12H2. The zero-order valence-electron chi connectivity index (χ0n) is 17.0. The molecule has 0 amide bonds. The summed E-state index contributed by atoms with van der Waals surface area (Å²) in [6.45, 7) is 3.10. The predicted molar refractivity (Wildman–Crippen MR) is 123 cm³/mol. The zero-order valence-corrected chi connectivity index (χ0v) is 17.8. The Hall–Kier alpha value is -3.42. The van der Waals surface area contributed by atoms with Gasteiger partial charge in [0.2, 0.25) is 0 Å². The molecular weight excluding hydrogens is 427 g/mol. The molecule has 0 radical (unpaired) electrons. The summed E-state index contributed by atoms with van der Waals surface area (Å²) in [6.07, 6.45) is 5.67. The molecule has 3 aromatic heterocycles. The van der Waals surface area contributed by atoms with Crippen LogP contribution >= 0.6 is 11.6 Å². The van der Waals surface area contributed by atoms with Gasteiger partial charge in [-0.15, -0.1) is 0 Å². The van der Waals surface area contributed by atoms with E-state index >= 15 is 0 Å². The summed E-state index contributed by atoms with van der Waals surface area (Å²) in [5.74, 6) is -0.358. The molecule has 32 heavy (non-hydrogen) atoms. The van der Waals surface area contributed by atoms with Gasteiger partial charge in [-0.25, -0.2) is 14.4 Å². The van der Waals surface area contributed by atoms with Crippen LogP contribution in [0.1, 0.15) is 17.0 Å². The number of rotatable bonds is 3. The van der Waals surface area contributed by atoms with Crippen molar-refractivity contribution in [2.24, 2.45) is 4.99 Å². The smallest absolute Gasteiger partial charge is 0.132 e. The number of allylic oxidation sites excluding steroid dienone is 1. The molecule has 2 aliphatic rings. The highest BCUT2D eigenvalue weighted by molar-refractivity contribution is 6.35. The van der Waals surface area contributed by atoms with E-state index in [4.69, 9.17) is 16.6 Å². The highest BCUT2D eigenvalue weighted by Crippen LogP contribution is 2.29. The fourth-order valence-corrected chi connectivity index (χ4v) is 4.44. The lowest BCUT2D eigenvalue weighted by Crippen LogP contribution is -2.27. The third-order valence-electron chi connectivity index (χ3n) is 5.84. The lowest BCUT2D eigenvalue weighted by Gasteiger charge is -2.16. The van der Waals surface area contributed by atoms with Crippen molar-refractivity contribution < 1.29 is 4.39 Å². The van der Waals surface area contributed by atoms with E-state index in [1.54, 1.807) is 6.07 Å². The van der Waals surface area contributed by atoms with Gasteiger partial charge < -0.3 is 9.88 Å². The van der Waals surface area contributed by atoms with Crippen LogP contribution in [0, 0.1) is 5.82 Å². The number of hydrogen-bond acceptors (Lipinski definition) is 5. The number of nitrogens with one attached hydrogen (secondary N) is 1. The lowest BCUT2D eigenvalue weighted by atomic mass is 9.99. The Morgan fingerprint density at radius 1 is 1.06 bits per heavy atom. The van der Waals surface area contributed by atoms with Gasteiger partial charge in [0.05, 0.1) is 46.7 Å². The Morgan fingerprint density at radius 2 is 2.00 bits per heavy atom. The molecule has 0 saturated heterocycles. The number of imidazole rings is 1. The minimum atomic E-state index is -0.358. The van der Waals surface area contributed by atoms with Crippen molar-refractivity contribution in [1.29, 1.82) is 0 Å². The number of aliphatic imine (C=N–C) groups is 1. The van der Waals surface area contributed by atoms with E-state index in [-0.39, 0.29) is 5.82 Å². The van der Waals surface area contributed by atoms with E-state index in [2.05, 4.69) is 24.8 Å². The van der Waals surface area contributed by atoms with E-state index < -0.39 is 0 Å². The first-order valence-corrected chi connectivity index (χ1v) is 10.8. The Balaban J connectivity index is 1.41. The number of fused-ring (bicyclic) bond motifs is 2. The van der Waals surface area contributed by atoms with Gasteiger partial charge in [-0.3, -0.25) is 9.98 Å². The maximum atomic E-state index is 14.5. The molecule has 0 atom stereocenters. The molecule has 1 aromatic carbocycles. The summed E-state index contributed by atoms with van der Waals surface area (Å²) in [6, 6.07) is 10.3. The van der Waals surface area contributed by atoms with Crippen LogP contribution in [-0.2, 0) is 13.1 Å². The number of benzene rings is 1. The van der Waals surface area contributed by atoms with Crippen LogP contribution in [0.25, 0.3) is 27.9 Å². The molecule has 1 N–H and O–H groups in total. The molecule has 6 nitrogen and oxygen atoms in total. The van der Waals surface area contributed by atoms with E-state index in [0.29, 0.717) is 22.8 Å². The second-order valence-corrected chi connectivity index (χ2v) is 8.24. The van der Waals surface area contributed by atoms with Gasteiger partial charge in [0.1, 0.15) is 5.82 Å². The largest absolute Gasteiger partial charge is 0.332 e. The molecule has 0 fully saturated rings. The zero-order chi connectivity index (χ0) is 21.7. The van der Waals surface area contributed by atoms with E-state index in [9.17, 15) is 4.39 Å². The van der Waals surface area contributed by atoms with Gasteiger partial charge in [-0.1, -0.05) is 17.7 Å². The van der Waals surface area contributed by atoms with Crippen molar-refractivity contribution in [3.05, 3.63) is 82.8 Å². The minimum Gasteiger partial charge on any atom is -0.332 e. The fraction of sp³-hybridized carbons (Fsp3) is 0.167. The van der Waals surface area contributed by atoms with Crippen molar-refractivity contribution in [3.8, 4) is 11.3 Å². The highest BCUT2D eigenvalue weighted by Gasteiger charge is 2.21. The average Bonchev–Trinajstić information content (AvgIpc) is 3.47. The summed E-state index contributed by atoms with van der Waals surface area (Å²) >= 11 is 6.11. The highest BCUT2D eigenvalue weighted by atomic mass is 35.5. The van der Waals surface area contributed by atoms with Gasteiger partial charge in [0.15, 0.2) is 0 Å². The summed E-state index contributed by atoms with van der Waals surface area (Å²) in [5, 5.41) is 3.86. The molecule has 158 valence electrons. The summed E-state index contributed by atoms with van der Waals surface area (Å²) < 4.78 is 16.7. The summed E-state index contributed by atoms with van der Waals surface area (Å²) in [5.41, 5.74) is 7.00. The normalized spacial score (nSPS) is 15.6. The van der Waals surface area contributed by atoms with Crippen molar-refractivity contribution in [3.63, 3.8) is 0 Å². The molecule has 4 aromatic rings. The van der Waals surface area contributed by atoms with Gasteiger partial charge in [0.25, 0.3) is 0 Å². The van der Waals surface area contributed by atoms with Crippen LogP contribution in [0.5, 0.6) is 0 Å². The molecule has 0 saturated carbocycles. The van der Waals surface area contributed by atoms with E-state index in [1.165, 1.54) is 12.1 Å². The van der Waals surface area contributed by atoms with Crippen LogP contribution in [-0.4, -0.2) is 38.3 Å². The first kappa shape index (κ1) is 19.3. The van der Waals surface area contributed by atoms with Crippen LogP contribution < -0.4 is 5.32 Å². The maximum absolute atomic E-state index is 14.5. The van der Waals surface area contributed by atoms with E-state index in [1.807, 2.05) is 36.8 Å². The Labute approximate surface area is 188 Å². The van der Waals surface area contributed by atoms with E-state index in [0.717, 1.165) is 58.9 Å². The Morgan fingerprint density at radius 3 is 2.94 bits per heavy atom. The van der Waals surface area contributed by atoms with Crippen LogP contribution in [0.4, 0.5) is 4.39 Å². The molecule has 0 spiro atoms. The van der Waals surface area contributed by atoms with Gasteiger partial charge in [-0.05, 0) is 36.4 Å². The summed E-state index contributed by atoms with van der Waals surface area (Å²) in [4.78, 5) is 18.6. The Bertz CT molecular complexity index is 1440. The number of hydrogen-bond donors (Lipinski definition) is 1. The molecular formula is C24H18ClFN6. The predicted octanol–water partition coefficient (Wildman–Crippen LogP) is 4.28. The summed E-state index contributed by atoms with van der Waals surface area (Å²) in [7, 11) is 0. The monoisotopic (exact) mass is 444 g/mol. The van der Waals surface area contributed by atoms with Gasteiger partial charge >= 0.3 is 0 Å². The third kappa shape index (κ3) is 3.21. The molecule has 0 unspecified atom stereocenters. The van der Waals surface area contributed by atoms with Crippen molar-refractivity contribution in [2.75, 3.05) is 13.1 Å². The molecule has 0 bridgehead atoms. The topological polar surface area (TPSA) is 68.0 Å². The van der Waals surface area contributed by atoms with Crippen molar-refractivity contribution in [1.82, 2.24) is 24.8 Å². The maximum Gasteiger partial charge on any atom is 0.132 e. The number of aromatic nitrogens is 4. The number of halogens is 2. The average molecular weight is 445 g/mol. The van der Waals surface area contributed by atoms with Crippen molar-refractivity contribution >= 4 is 33.9 Å². The number of pyridine rings is 2. The third-order valence-corrected chi connectivity index (χ3v) is 6.07. The second-order valence-electron chi connectivity index (χ2n) is 7.80. The van der Waals surface area contributed by atoms with Crippen LogP contribution in [0.2, 0.25) is 5.02 Å².